The summed E-state index contributed by atoms with van der Waals surface area (Å²) in [4.78, 5) is 5.81. The molecule has 0 saturated carbocycles. The van der Waals surface area contributed by atoms with Gasteiger partial charge in [0.05, 0.1) is 5.69 Å². The van der Waals surface area contributed by atoms with Crippen molar-refractivity contribution >= 4 is 11.8 Å². The van der Waals surface area contributed by atoms with E-state index in [1.165, 1.54) is 10.5 Å². The zero-order valence-electron chi connectivity index (χ0n) is 10.3. The minimum Gasteiger partial charge on any atom is -0.301 e. The van der Waals surface area contributed by atoms with Crippen LogP contribution in [0.25, 0.3) is 0 Å². The van der Waals surface area contributed by atoms with Crippen LogP contribution in [0.3, 0.4) is 0 Å². The molecule has 0 amide bonds. The number of hydrogen-bond donors (Lipinski definition) is 1. The van der Waals surface area contributed by atoms with Crippen LogP contribution in [0.4, 0.5) is 0 Å². The Kier molecular flexibility index (Phi) is 3.35. The number of thioether (sulfide) groups is 1. The maximum atomic E-state index is 4.41. The van der Waals surface area contributed by atoms with Crippen molar-refractivity contribution in [2.45, 2.75) is 23.9 Å². The highest BCUT2D eigenvalue weighted by Gasteiger charge is 2.24. The number of aromatic nitrogens is 1. The number of benzene rings is 1. The summed E-state index contributed by atoms with van der Waals surface area (Å²) < 4.78 is 0. The zero-order valence-corrected chi connectivity index (χ0v) is 11.2. The molecule has 0 spiro atoms. The first-order chi connectivity index (χ1) is 8.84. The van der Waals surface area contributed by atoms with Gasteiger partial charge >= 0.3 is 0 Å². The molecule has 0 aliphatic carbocycles. The van der Waals surface area contributed by atoms with E-state index in [4.69, 9.17) is 0 Å². The van der Waals surface area contributed by atoms with E-state index in [2.05, 4.69) is 47.6 Å². The van der Waals surface area contributed by atoms with Gasteiger partial charge in [-0.1, -0.05) is 24.3 Å². The second-order valence-corrected chi connectivity index (χ2v) is 5.61. The normalized spacial score (nSPS) is 19.5. The molecule has 1 aliphatic heterocycles. The highest BCUT2D eigenvalue weighted by molar-refractivity contribution is 7.99. The van der Waals surface area contributed by atoms with Crippen molar-refractivity contribution in [2.24, 2.45) is 0 Å². The zero-order chi connectivity index (χ0) is 12.4. The third-order valence-corrected chi connectivity index (χ3v) is 4.47. The van der Waals surface area contributed by atoms with Crippen molar-refractivity contribution < 1.29 is 0 Å². The van der Waals surface area contributed by atoms with Gasteiger partial charge in [0, 0.05) is 28.9 Å². The topological polar surface area (TPSA) is 24.9 Å². The highest BCUT2D eigenvalue weighted by atomic mass is 32.2. The fraction of sp³-hybridized carbons (Fsp3) is 0.267. The van der Waals surface area contributed by atoms with Crippen LogP contribution in [0.2, 0.25) is 0 Å². The number of nitrogens with zero attached hydrogens (tertiary/aromatic N) is 1. The van der Waals surface area contributed by atoms with Crippen LogP contribution in [0.15, 0.2) is 53.6 Å². The molecule has 18 heavy (non-hydrogen) atoms. The average molecular weight is 256 g/mol. The number of fused-ring (bicyclic) bond motifs is 1. The van der Waals surface area contributed by atoms with E-state index in [9.17, 15) is 0 Å². The maximum Gasteiger partial charge on any atom is 0.0570 e. The van der Waals surface area contributed by atoms with E-state index in [1.807, 2.05) is 30.1 Å². The molecule has 1 aliphatic rings. The van der Waals surface area contributed by atoms with Crippen LogP contribution in [0, 0.1) is 0 Å². The Hall–Kier alpha value is -1.32. The lowest BCUT2D eigenvalue weighted by molar-refractivity contribution is 0.492. The number of nitrogens with one attached hydrogen (secondary N) is 1. The SMILES string of the molecule is CC(NC1CSc2ccccc21)c1ccccn1. The van der Waals surface area contributed by atoms with Crippen molar-refractivity contribution in [1.82, 2.24) is 10.3 Å². The number of hydrogen-bond acceptors (Lipinski definition) is 3. The molecular formula is C15H16N2S. The van der Waals surface area contributed by atoms with Crippen LogP contribution < -0.4 is 5.32 Å². The Labute approximate surface area is 112 Å². The standard InChI is InChI=1S/C15H16N2S/c1-11(13-7-4-5-9-16-13)17-14-10-18-15-8-3-2-6-12(14)15/h2-9,11,14,17H,10H2,1H3. The Morgan fingerprint density at radius 2 is 2.06 bits per heavy atom. The van der Waals surface area contributed by atoms with E-state index < -0.39 is 0 Å². The van der Waals surface area contributed by atoms with Crippen LogP contribution in [0.5, 0.6) is 0 Å². The summed E-state index contributed by atoms with van der Waals surface area (Å²) in [6, 6.07) is 15.4. The van der Waals surface area contributed by atoms with E-state index in [-0.39, 0.29) is 6.04 Å². The lowest BCUT2D eigenvalue weighted by Crippen LogP contribution is -2.25. The predicted molar refractivity (Wildman–Crippen MR) is 75.7 cm³/mol. The summed E-state index contributed by atoms with van der Waals surface area (Å²) in [7, 11) is 0. The highest BCUT2D eigenvalue weighted by Crippen LogP contribution is 2.38. The second-order valence-electron chi connectivity index (χ2n) is 4.54. The van der Waals surface area contributed by atoms with E-state index in [1.54, 1.807) is 0 Å². The van der Waals surface area contributed by atoms with Gasteiger partial charge in [-0.2, -0.15) is 0 Å². The number of rotatable bonds is 3. The van der Waals surface area contributed by atoms with Crippen LogP contribution in [0.1, 0.15) is 30.3 Å². The summed E-state index contributed by atoms with van der Waals surface area (Å²) in [6.45, 7) is 2.17. The summed E-state index contributed by atoms with van der Waals surface area (Å²) >= 11 is 1.93. The quantitative estimate of drug-likeness (QED) is 0.908. The van der Waals surface area contributed by atoms with Gasteiger partial charge in [-0.25, -0.2) is 0 Å². The molecule has 0 bridgehead atoms. The van der Waals surface area contributed by atoms with Gasteiger partial charge in [0.2, 0.25) is 0 Å². The van der Waals surface area contributed by atoms with Crippen molar-refractivity contribution in [3.8, 4) is 0 Å². The van der Waals surface area contributed by atoms with Crippen molar-refractivity contribution in [3.63, 3.8) is 0 Å². The molecule has 1 aromatic carbocycles. The maximum absolute atomic E-state index is 4.41. The van der Waals surface area contributed by atoms with E-state index >= 15 is 0 Å². The fourth-order valence-corrected chi connectivity index (χ4v) is 3.49. The van der Waals surface area contributed by atoms with Crippen molar-refractivity contribution in [1.29, 1.82) is 0 Å². The van der Waals surface area contributed by atoms with Crippen molar-refractivity contribution in [3.05, 3.63) is 59.9 Å². The molecule has 3 rings (SSSR count). The first-order valence-electron chi connectivity index (χ1n) is 6.23. The summed E-state index contributed by atoms with van der Waals surface area (Å²) in [5.41, 5.74) is 2.53. The Morgan fingerprint density at radius 3 is 2.89 bits per heavy atom. The lowest BCUT2D eigenvalue weighted by Gasteiger charge is -2.19. The molecule has 0 radical (unpaired) electrons. The van der Waals surface area contributed by atoms with Crippen LogP contribution >= 0.6 is 11.8 Å². The Balaban J connectivity index is 1.75. The Morgan fingerprint density at radius 1 is 1.22 bits per heavy atom. The summed E-state index contributed by atoms with van der Waals surface area (Å²) in [6.07, 6.45) is 1.85. The molecule has 1 N–H and O–H groups in total. The lowest BCUT2D eigenvalue weighted by atomic mass is 10.1. The average Bonchev–Trinajstić information content (AvgIpc) is 2.83. The van der Waals surface area contributed by atoms with Gasteiger partial charge in [-0.15, -0.1) is 11.8 Å². The van der Waals surface area contributed by atoms with Gasteiger partial charge < -0.3 is 5.32 Å². The molecule has 0 saturated heterocycles. The van der Waals surface area contributed by atoms with Crippen molar-refractivity contribution in [2.75, 3.05) is 5.75 Å². The number of pyridine rings is 1. The molecule has 0 fully saturated rings. The third kappa shape index (κ3) is 2.28. The molecule has 2 aromatic rings. The van der Waals surface area contributed by atoms with Gasteiger partial charge in [0.1, 0.15) is 0 Å². The Bertz CT molecular complexity index is 527. The molecular weight excluding hydrogens is 240 g/mol. The first-order valence-corrected chi connectivity index (χ1v) is 7.22. The minimum atomic E-state index is 0.281. The first kappa shape index (κ1) is 11.8. The van der Waals surface area contributed by atoms with Crippen LogP contribution in [-0.2, 0) is 0 Å². The molecule has 3 heteroatoms. The van der Waals surface area contributed by atoms with E-state index in [0.717, 1.165) is 11.4 Å². The van der Waals surface area contributed by atoms with Crippen LogP contribution in [-0.4, -0.2) is 10.7 Å². The second kappa shape index (κ2) is 5.12. The summed E-state index contributed by atoms with van der Waals surface area (Å²) in [5.74, 6) is 1.11. The van der Waals surface area contributed by atoms with Gasteiger partial charge in [0.25, 0.3) is 0 Å². The third-order valence-electron chi connectivity index (χ3n) is 3.28. The molecule has 2 heterocycles. The largest absolute Gasteiger partial charge is 0.301 e. The monoisotopic (exact) mass is 256 g/mol. The van der Waals surface area contributed by atoms with Gasteiger partial charge in [0.15, 0.2) is 0 Å². The van der Waals surface area contributed by atoms with E-state index in [0.29, 0.717) is 6.04 Å². The summed E-state index contributed by atoms with van der Waals surface area (Å²) in [5, 5.41) is 3.67. The molecule has 2 unspecified atom stereocenters. The molecule has 92 valence electrons. The molecule has 2 atom stereocenters. The smallest absolute Gasteiger partial charge is 0.0570 e. The van der Waals surface area contributed by atoms with Gasteiger partial charge in [-0.3, -0.25) is 4.98 Å². The predicted octanol–water partition coefficient (Wildman–Crippen LogP) is 3.58. The molecule has 1 aromatic heterocycles. The fourth-order valence-electron chi connectivity index (χ4n) is 2.32. The minimum absolute atomic E-state index is 0.281. The van der Waals surface area contributed by atoms with Gasteiger partial charge in [-0.05, 0) is 30.7 Å². The molecule has 2 nitrogen and oxygen atoms in total.